The molecule has 1 amide bonds. The largest absolute Gasteiger partial charge is 0.336 e. The molecule has 0 spiro atoms. The number of hydrogen-bond donors (Lipinski definition) is 0. The SMILES string of the molecule is Cc1cc(C)cc(N2C(=O)[C@H]3CCCN3C2=S)c1. The van der Waals surface area contributed by atoms with Crippen molar-refractivity contribution in [2.45, 2.75) is 32.7 Å². The van der Waals surface area contributed by atoms with Gasteiger partial charge in [-0.1, -0.05) is 6.07 Å². The number of benzene rings is 1. The molecule has 0 aliphatic carbocycles. The fraction of sp³-hybridized carbons (Fsp3) is 0.429. The summed E-state index contributed by atoms with van der Waals surface area (Å²) in [5, 5.41) is 0.674. The smallest absolute Gasteiger partial charge is 0.256 e. The molecule has 0 bridgehead atoms. The molecule has 4 heteroatoms. The monoisotopic (exact) mass is 260 g/mol. The molecule has 0 radical (unpaired) electrons. The Balaban J connectivity index is 2.02. The van der Waals surface area contributed by atoms with E-state index in [0.717, 1.165) is 36.2 Å². The van der Waals surface area contributed by atoms with Crippen LogP contribution in [0.1, 0.15) is 24.0 Å². The van der Waals surface area contributed by atoms with Gasteiger partial charge in [0.05, 0.1) is 5.69 Å². The van der Waals surface area contributed by atoms with Crippen molar-refractivity contribution >= 4 is 28.9 Å². The van der Waals surface area contributed by atoms with Gasteiger partial charge in [0, 0.05) is 6.54 Å². The highest BCUT2D eigenvalue weighted by molar-refractivity contribution is 7.80. The van der Waals surface area contributed by atoms with Crippen molar-refractivity contribution in [2.75, 3.05) is 11.4 Å². The standard InChI is InChI=1S/C14H16N2OS/c1-9-6-10(2)8-11(7-9)16-13(17)12-4-3-5-15(12)14(16)18/h6-8,12H,3-5H2,1-2H3/t12-/m1/s1. The average molecular weight is 260 g/mol. The van der Waals surface area contributed by atoms with Crippen LogP contribution < -0.4 is 4.90 Å². The lowest BCUT2D eigenvalue weighted by Crippen LogP contribution is -2.32. The zero-order valence-corrected chi connectivity index (χ0v) is 11.5. The number of anilines is 1. The predicted octanol–water partition coefficient (Wildman–Crippen LogP) is 2.40. The Bertz CT molecular complexity index is 498. The van der Waals surface area contributed by atoms with E-state index in [1.807, 2.05) is 26.0 Å². The predicted molar refractivity (Wildman–Crippen MR) is 75.7 cm³/mol. The van der Waals surface area contributed by atoms with Gasteiger partial charge in [0.1, 0.15) is 6.04 Å². The van der Waals surface area contributed by atoms with Crippen LogP contribution in [-0.2, 0) is 4.79 Å². The molecule has 1 aromatic rings. The van der Waals surface area contributed by atoms with E-state index in [4.69, 9.17) is 12.2 Å². The van der Waals surface area contributed by atoms with Crippen molar-refractivity contribution in [3.05, 3.63) is 29.3 Å². The number of fused-ring (bicyclic) bond motifs is 1. The van der Waals surface area contributed by atoms with Gasteiger partial charge in [-0.05, 0) is 62.2 Å². The fourth-order valence-electron chi connectivity index (χ4n) is 2.94. The van der Waals surface area contributed by atoms with Gasteiger partial charge in [-0.2, -0.15) is 0 Å². The second-order valence-corrected chi connectivity index (χ2v) is 5.52. The van der Waals surface area contributed by atoms with Gasteiger partial charge in [0.2, 0.25) is 0 Å². The lowest BCUT2D eigenvalue weighted by atomic mass is 10.1. The third-order valence-corrected chi connectivity index (χ3v) is 4.08. The third-order valence-electron chi connectivity index (χ3n) is 3.66. The summed E-state index contributed by atoms with van der Waals surface area (Å²) in [5.74, 6) is 0.141. The van der Waals surface area contributed by atoms with Crippen molar-refractivity contribution in [3.8, 4) is 0 Å². The van der Waals surface area contributed by atoms with Crippen LogP contribution >= 0.6 is 12.2 Å². The summed E-state index contributed by atoms with van der Waals surface area (Å²) in [6.45, 7) is 5.00. The number of carbonyl (C=O) groups excluding carboxylic acids is 1. The molecule has 3 nitrogen and oxygen atoms in total. The molecule has 3 rings (SSSR count). The van der Waals surface area contributed by atoms with Crippen LogP contribution in [0.25, 0.3) is 0 Å². The van der Waals surface area contributed by atoms with E-state index in [1.54, 1.807) is 4.90 Å². The molecule has 2 heterocycles. The summed E-state index contributed by atoms with van der Waals surface area (Å²) < 4.78 is 0. The summed E-state index contributed by atoms with van der Waals surface area (Å²) >= 11 is 5.45. The second kappa shape index (κ2) is 4.05. The van der Waals surface area contributed by atoms with Crippen molar-refractivity contribution in [2.24, 2.45) is 0 Å². The topological polar surface area (TPSA) is 23.6 Å². The molecular formula is C14H16N2OS. The first-order chi connectivity index (χ1) is 8.58. The highest BCUT2D eigenvalue weighted by atomic mass is 32.1. The van der Waals surface area contributed by atoms with Crippen molar-refractivity contribution in [1.82, 2.24) is 4.90 Å². The fourth-order valence-corrected chi connectivity index (χ4v) is 3.36. The van der Waals surface area contributed by atoms with Crippen LogP contribution in [0.15, 0.2) is 18.2 Å². The molecular weight excluding hydrogens is 244 g/mol. The van der Waals surface area contributed by atoms with E-state index >= 15 is 0 Å². The van der Waals surface area contributed by atoms with E-state index in [0.29, 0.717) is 5.11 Å². The van der Waals surface area contributed by atoms with Crippen molar-refractivity contribution in [1.29, 1.82) is 0 Å². The van der Waals surface area contributed by atoms with E-state index < -0.39 is 0 Å². The Labute approximate surface area is 112 Å². The molecule has 0 saturated carbocycles. The minimum atomic E-state index is -0.0154. The molecule has 2 aliphatic heterocycles. The Hall–Kier alpha value is -1.42. The van der Waals surface area contributed by atoms with Crippen LogP contribution in [0, 0.1) is 13.8 Å². The number of nitrogens with zero attached hydrogens (tertiary/aromatic N) is 2. The first-order valence-corrected chi connectivity index (χ1v) is 6.71. The Morgan fingerprint density at radius 2 is 1.89 bits per heavy atom. The Morgan fingerprint density at radius 1 is 1.22 bits per heavy atom. The lowest BCUT2D eigenvalue weighted by Gasteiger charge is -2.19. The average Bonchev–Trinajstić information content (AvgIpc) is 2.83. The maximum Gasteiger partial charge on any atom is 0.256 e. The molecule has 1 atom stereocenters. The van der Waals surface area contributed by atoms with Crippen molar-refractivity contribution < 1.29 is 4.79 Å². The third kappa shape index (κ3) is 1.63. The molecule has 94 valence electrons. The van der Waals surface area contributed by atoms with Crippen LogP contribution in [0.5, 0.6) is 0 Å². The van der Waals surface area contributed by atoms with E-state index in [1.165, 1.54) is 0 Å². The lowest BCUT2D eigenvalue weighted by molar-refractivity contribution is -0.119. The zero-order valence-electron chi connectivity index (χ0n) is 10.6. The number of aryl methyl sites for hydroxylation is 2. The second-order valence-electron chi connectivity index (χ2n) is 5.15. The molecule has 0 aromatic heterocycles. The van der Waals surface area contributed by atoms with E-state index in [-0.39, 0.29) is 11.9 Å². The molecule has 0 N–H and O–H groups in total. The van der Waals surface area contributed by atoms with Gasteiger partial charge in [-0.3, -0.25) is 9.69 Å². The molecule has 0 unspecified atom stereocenters. The summed E-state index contributed by atoms with van der Waals surface area (Å²) in [4.78, 5) is 16.2. The first kappa shape index (κ1) is 11.7. The molecule has 1 aromatic carbocycles. The number of hydrogen-bond acceptors (Lipinski definition) is 2. The minimum absolute atomic E-state index is 0.0154. The zero-order chi connectivity index (χ0) is 12.9. The van der Waals surface area contributed by atoms with Crippen LogP contribution in [0.2, 0.25) is 0 Å². The van der Waals surface area contributed by atoms with Gasteiger partial charge in [0.25, 0.3) is 5.91 Å². The normalized spacial score (nSPS) is 22.9. The summed E-state index contributed by atoms with van der Waals surface area (Å²) in [5.41, 5.74) is 3.23. The summed E-state index contributed by atoms with van der Waals surface area (Å²) in [6.07, 6.45) is 2.00. The van der Waals surface area contributed by atoms with E-state index in [2.05, 4.69) is 11.0 Å². The number of carbonyl (C=O) groups is 1. The minimum Gasteiger partial charge on any atom is -0.336 e. The van der Waals surface area contributed by atoms with Crippen LogP contribution in [-0.4, -0.2) is 28.5 Å². The van der Waals surface area contributed by atoms with E-state index in [9.17, 15) is 4.79 Å². The van der Waals surface area contributed by atoms with Crippen LogP contribution in [0.3, 0.4) is 0 Å². The Morgan fingerprint density at radius 3 is 2.50 bits per heavy atom. The van der Waals surface area contributed by atoms with Gasteiger partial charge in [0.15, 0.2) is 5.11 Å². The Kier molecular flexibility index (Phi) is 2.63. The first-order valence-electron chi connectivity index (χ1n) is 6.31. The van der Waals surface area contributed by atoms with Gasteiger partial charge >= 0.3 is 0 Å². The molecule has 2 fully saturated rings. The highest BCUT2D eigenvalue weighted by Crippen LogP contribution is 2.32. The van der Waals surface area contributed by atoms with Gasteiger partial charge < -0.3 is 4.90 Å². The van der Waals surface area contributed by atoms with Gasteiger partial charge in [-0.15, -0.1) is 0 Å². The summed E-state index contributed by atoms with van der Waals surface area (Å²) in [6, 6.07) is 6.14. The quantitative estimate of drug-likeness (QED) is 0.724. The maximum atomic E-state index is 12.4. The van der Waals surface area contributed by atoms with Crippen LogP contribution in [0.4, 0.5) is 5.69 Å². The number of rotatable bonds is 1. The maximum absolute atomic E-state index is 12.4. The molecule has 2 aliphatic rings. The number of thiocarbonyl (C=S) groups is 1. The van der Waals surface area contributed by atoms with Crippen molar-refractivity contribution in [3.63, 3.8) is 0 Å². The number of amides is 1. The summed E-state index contributed by atoms with van der Waals surface area (Å²) in [7, 11) is 0. The van der Waals surface area contributed by atoms with Gasteiger partial charge in [-0.25, -0.2) is 0 Å². The molecule has 2 saturated heterocycles. The highest BCUT2D eigenvalue weighted by Gasteiger charge is 2.45. The molecule has 18 heavy (non-hydrogen) atoms.